The van der Waals surface area contributed by atoms with Gasteiger partial charge in [-0.3, -0.25) is 33.6 Å². The zero-order valence-electron chi connectivity index (χ0n) is 35.7. The average molecular weight is 788 g/mol. The van der Waals surface area contributed by atoms with Crippen molar-refractivity contribution in [1.82, 2.24) is 14.7 Å². The monoisotopic (exact) mass is 787 g/mol. The average Bonchev–Trinajstić information content (AvgIpc) is 3.11. The Morgan fingerprint density at radius 2 is 0.945 bits per heavy atom. The third-order valence-corrected chi connectivity index (χ3v) is 9.89. The predicted octanol–water partition coefficient (Wildman–Crippen LogP) is 2.45. The molecule has 0 heterocycles. The van der Waals surface area contributed by atoms with Crippen LogP contribution in [0.1, 0.15) is 93.9 Å². The Morgan fingerprint density at radius 1 is 0.564 bits per heavy atom. The smallest absolute Gasteiger partial charge is 0.311 e. The van der Waals surface area contributed by atoms with Crippen LogP contribution in [-0.2, 0) is 52.5 Å². The normalized spacial score (nSPS) is 16.4. The highest BCUT2D eigenvalue weighted by molar-refractivity contribution is 5.84. The van der Waals surface area contributed by atoms with Crippen molar-refractivity contribution >= 4 is 41.6 Å². The van der Waals surface area contributed by atoms with Gasteiger partial charge in [-0.15, -0.1) is 0 Å². The van der Waals surface area contributed by atoms with E-state index in [0.717, 1.165) is 0 Å². The van der Waals surface area contributed by atoms with E-state index in [0.29, 0.717) is 12.8 Å². The van der Waals surface area contributed by atoms with Gasteiger partial charge in [0.25, 0.3) is 0 Å². The van der Waals surface area contributed by atoms with E-state index >= 15 is 0 Å². The molecule has 0 spiro atoms. The predicted molar refractivity (Wildman–Crippen MR) is 203 cm³/mol. The number of nitrogens with zero attached hydrogens (tertiary/aromatic N) is 3. The molecule has 0 aliphatic carbocycles. The van der Waals surface area contributed by atoms with Crippen LogP contribution >= 0.6 is 0 Å². The van der Waals surface area contributed by atoms with Gasteiger partial charge in [0.15, 0.2) is 0 Å². The minimum atomic E-state index is -1.45. The number of amides is 3. The van der Waals surface area contributed by atoms with Gasteiger partial charge in [0.2, 0.25) is 17.7 Å². The van der Waals surface area contributed by atoms with Crippen molar-refractivity contribution in [3.05, 3.63) is 0 Å². The topological polar surface area (TPSA) is 207 Å². The van der Waals surface area contributed by atoms with Crippen LogP contribution in [0.2, 0.25) is 0 Å². The summed E-state index contributed by atoms with van der Waals surface area (Å²) in [6.45, 7) is 11.1. The van der Waals surface area contributed by atoms with Crippen LogP contribution in [0.15, 0.2) is 0 Å². The molecule has 0 aromatic carbocycles. The number of ether oxygens (including phenoxy) is 4. The minimum absolute atomic E-state index is 0.0255. The van der Waals surface area contributed by atoms with Crippen molar-refractivity contribution in [2.24, 2.45) is 34.0 Å². The Morgan fingerprint density at radius 3 is 1.36 bits per heavy atom. The van der Waals surface area contributed by atoms with E-state index in [9.17, 15) is 43.8 Å². The third kappa shape index (κ3) is 17.3. The first-order chi connectivity index (χ1) is 25.1. The molecule has 0 radical (unpaired) electrons. The Balaban J connectivity index is 5.98. The second-order valence-electron chi connectivity index (χ2n) is 16.6. The van der Waals surface area contributed by atoms with Gasteiger partial charge in [0.1, 0.15) is 38.6 Å². The van der Waals surface area contributed by atoms with Gasteiger partial charge in [0, 0.05) is 67.0 Å². The molecular formula is C39H69N3O13. The van der Waals surface area contributed by atoms with Crippen LogP contribution in [0.3, 0.4) is 0 Å². The van der Waals surface area contributed by atoms with Crippen LogP contribution in [0.4, 0.5) is 0 Å². The number of carbonyl (C=O) groups excluding carboxylic acids is 7. The highest BCUT2D eigenvalue weighted by atomic mass is 16.6. The van der Waals surface area contributed by atoms with Crippen LogP contribution in [0.5, 0.6) is 0 Å². The number of rotatable bonds is 24. The molecule has 2 N–H and O–H groups in total. The van der Waals surface area contributed by atoms with E-state index in [1.807, 2.05) is 0 Å². The number of carbonyl (C=O) groups is 7. The van der Waals surface area contributed by atoms with Crippen LogP contribution in [0, 0.1) is 34.0 Å². The summed E-state index contributed by atoms with van der Waals surface area (Å²) >= 11 is 0. The van der Waals surface area contributed by atoms with Gasteiger partial charge in [0.05, 0.1) is 16.2 Å². The molecule has 0 fully saturated rings. The van der Waals surface area contributed by atoms with Crippen molar-refractivity contribution in [3.63, 3.8) is 0 Å². The van der Waals surface area contributed by atoms with E-state index in [4.69, 9.17) is 18.9 Å². The highest BCUT2D eigenvalue weighted by Gasteiger charge is 2.46. The van der Waals surface area contributed by atoms with E-state index in [1.165, 1.54) is 21.6 Å². The molecule has 7 atom stereocenters. The SMILES string of the molecule is CCC(C)(CC(CC(C)(CC(C)C(=O)N(C)C)C(=O)OCC(O)COC(C)=O)C(=O)N(C)C)C(=O)OCC(O)COC(=O)C(C)(C)CCC(C)C(=O)N(C)C. The molecule has 0 aromatic heterocycles. The molecule has 0 rings (SSSR count). The summed E-state index contributed by atoms with van der Waals surface area (Å²) in [6, 6.07) is 0. The summed E-state index contributed by atoms with van der Waals surface area (Å²) < 4.78 is 21.1. The molecule has 16 heteroatoms. The van der Waals surface area contributed by atoms with E-state index in [1.54, 1.807) is 90.8 Å². The molecule has 0 saturated carbocycles. The first-order valence-electron chi connectivity index (χ1n) is 18.8. The molecule has 3 amide bonds. The first kappa shape index (κ1) is 51.2. The highest BCUT2D eigenvalue weighted by Crippen LogP contribution is 2.41. The Bertz CT molecular complexity index is 1320. The lowest BCUT2D eigenvalue weighted by Gasteiger charge is -2.37. The van der Waals surface area contributed by atoms with E-state index < -0.39 is 90.6 Å². The molecule has 0 bridgehead atoms. The van der Waals surface area contributed by atoms with Crippen LogP contribution < -0.4 is 0 Å². The molecular weight excluding hydrogens is 718 g/mol. The zero-order chi connectivity index (χ0) is 43.1. The fourth-order valence-corrected chi connectivity index (χ4v) is 6.14. The molecule has 0 aliphatic heterocycles. The quantitative estimate of drug-likeness (QED) is 0.107. The summed E-state index contributed by atoms with van der Waals surface area (Å²) in [5, 5.41) is 20.8. The fourth-order valence-electron chi connectivity index (χ4n) is 6.14. The van der Waals surface area contributed by atoms with Gasteiger partial charge in [-0.05, 0) is 66.2 Å². The fraction of sp³-hybridized carbons (Fsp3) is 0.821. The number of esters is 4. The van der Waals surface area contributed by atoms with Gasteiger partial charge >= 0.3 is 23.9 Å². The first-order valence-corrected chi connectivity index (χ1v) is 18.8. The lowest BCUT2D eigenvalue weighted by molar-refractivity contribution is -0.165. The number of hydrogen-bond acceptors (Lipinski definition) is 13. The summed E-state index contributed by atoms with van der Waals surface area (Å²) in [5.74, 6) is -5.30. The molecule has 0 saturated heterocycles. The molecule has 7 unspecified atom stereocenters. The zero-order valence-corrected chi connectivity index (χ0v) is 35.7. The number of hydrogen-bond donors (Lipinski definition) is 2. The maximum atomic E-state index is 13.7. The third-order valence-electron chi connectivity index (χ3n) is 9.89. The number of aliphatic hydroxyl groups is 2. The van der Waals surface area contributed by atoms with Crippen molar-refractivity contribution in [3.8, 4) is 0 Å². The molecule has 55 heavy (non-hydrogen) atoms. The van der Waals surface area contributed by atoms with Crippen molar-refractivity contribution < 1.29 is 62.7 Å². The Labute approximate surface area is 327 Å². The molecule has 16 nitrogen and oxygen atoms in total. The summed E-state index contributed by atoms with van der Waals surface area (Å²) in [7, 11) is 9.57. The number of aliphatic hydroxyl groups excluding tert-OH is 2. The van der Waals surface area contributed by atoms with E-state index in [2.05, 4.69) is 0 Å². The maximum Gasteiger partial charge on any atom is 0.311 e. The largest absolute Gasteiger partial charge is 0.463 e. The molecule has 0 aromatic rings. The lowest BCUT2D eigenvalue weighted by atomic mass is 9.69. The standard InChI is InChI=1S/C39H69N3O13/c1-15-38(7,35(50)54-24-30(45)22-53-34(49)37(5,6)17-16-25(2)31(46)40(9)10)19-28(33(48)42(13)14)20-39(8,18-26(3)32(47)41(11)12)36(51)55-23-29(44)21-52-27(4)43/h25-26,28-30,44-45H,15-24H2,1-14H3. The summed E-state index contributed by atoms with van der Waals surface area (Å²) in [6.07, 6.45) is -1.83. The minimum Gasteiger partial charge on any atom is -0.463 e. The summed E-state index contributed by atoms with van der Waals surface area (Å²) in [5.41, 5.74) is -3.66. The van der Waals surface area contributed by atoms with Crippen LogP contribution in [0.25, 0.3) is 0 Å². The molecule has 318 valence electrons. The summed E-state index contributed by atoms with van der Waals surface area (Å²) in [4.78, 5) is 94.4. The van der Waals surface area contributed by atoms with Gasteiger partial charge < -0.3 is 43.9 Å². The Kier molecular flexibility index (Phi) is 21.1. The van der Waals surface area contributed by atoms with Crippen molar-refractivity contribution in [1.29, 1.82) is 0 Å². The Hall–Kier alpha value is -3.79. The van der Waals surface area contributed by atoms with Gasteiger partial charge in [-0.25, -0.2) is 0 Å². The lowest BCUT2D eigenvalue weighted by Crippen LogP contribution is -2.44. The second-order valence-corrected chi connectivity index (χ2v) is 16.6. The van der Waals surface area contributed by atoms with Crippen molar-refractivity contribution in [2.45, 2.75) is 106 Å². The van der Waals surface area contributed by atoms with Crippen LogP contribution in [-0.4, -0.2) is 147 Å². The van der Waals surface area contributed by atoms with Gasteiger partial charge in [-0.2, -0.15) is 0 Å². The van der Waals surface area contributed by atoms with Gasteiger partial charge in [-0.1, -0.05) is 20.8 Å². The maximum absolute atomic E-state index is 13.7. The van der Waals surface area contributed by atoms with E-state index in [-0.39, 0.29) is 49.3 Å². The van der Waals surface area contributed by atoms with Crippen molar-refractivity contribution in [2.75, 3.05) is 68.7 Å². The second kappa shape index (κ2) is 22.7. The molecule has 0 aliphatic rings.